The molecule has 0 aliphatic carbocycles. The van der Waals surface area contributed by atoms with Gasteiger partial charge >= 0.3 is 0 Å². The lowest BCUT2D eigenvalue weighted by molar-refractivity contribution is 0.417. The summed E-state index contributed by atoms with van der Waals surface area (Å²) in [5, 5.41) is 0. The molecular weight excluding hydrogens is 356 g/mol. The smallest absolute Gasteiger partial charge is 0.262 e. The summed E-state index contributed by atoms with van der Waals surface area (Å²) in [6.07, 6.45) is 0. The lowest BCUT2D eigenvalue weighted by atomic mass is 10.2. The minimum absolute atomic E-state index is 0.143. The molecule has 0 amide bonds. The van der Waals surface area contributed by atoms with Gasteiger partial charge in [0.2, 0.25) is 0 Å². The Kier molecular flexibility index (Phi) is 4.43. The monoisotopic (exact) mass is 370 g/mol. The van der Waals surface area contributed by atoms with Crippen LogP contribution in [0.15, 0.2) is 45.8 Å². The van der Waals surface area contributed by atoms with E-state index in [-0.39, 0.29) is 4.90 Å². The lowest BCUT2D eigenvalue weighted by Crippen LogP contribution is -2.15. The van der Waals surface area contributed by atoms with Gasteiger partial charge in [-0.2, -0.15) is 0 Å². The van der Waals surface area contributed by atoms with Crippen molar-refractivity contribution in [1.29, 1.82) is 0 Å². The highest BCUT2D eigenvalue weighted by Gasteiger charge is 2.19. The Labute approximate surface area is 132 Å². The normalized spacial score (nSPS) is 11.2. The second-order valence-electron chi connectivity index (χ2n) is 4.42. The number of rotatable bonds is 4. The molecular formula is C14H15BrN2O3S. The van der Waals surface area contributed by atoms with Crippen LogP contribution in [0.4, 0.5) is 11.4 Å². The molecule has 2 aromatic rings. The van der Waals surface area contributed by atoms with Crippen LogP contribution in [0.3, 0.4) is 0 Å². The van der Waals surface area contributed by atoms with E-state index in [1.165, 1.54) is 13.2 Å². The van der Waals surface area contributed by atoms with Crippen LogP contribution >= 0.6 is 15.9 Å². The zero-order valence-electron chi connectivity index (χ0n) is 11.6. The lowest BCUT2D eigenvalue weighted by Gasteiger charge is -2.14. The molecule has 2 aromatic carbocycles. The Hall–Kier alpha value is -1.73. The van der Waals surface area contributed by atoms with Crippen molar-refractivity contribution in [2.24, 2.45) is 0 Å². The summed E-state index contributed by atoms with van der Waals surface area (Å²) in [5.41, 5.74) is 7.06. The summed E-state index contributed by atoms with van der Waals surface area (Å²) < 4.78 is 33.5. The maximum atomic E-state index is 12.5. The number of nitrogens with two attached hydrogens (primary N) is 1. The predicted molar refractivity (Wildman–Crippen MR) is 87.1 cm³/mol. The number of ether oxygens (including phenoxy) is 1. The first-order chi connectivity index (χ1) is 9.85. The van der Waals surface area contributed by atoms with Crippen molar-refractivity contribution >= 4 is 37.3 Å². The number of benzene rings is 2. The molecule has 0 aliphatic rings. The van der Waals surface area contributed by atoms with Gasteiger partial charge in [-0.3, -0.25) is 4.72 Å². The molecule has 0 aromatic heterocycles. The molecule has 0 bridgehead atoms. The number of nitrogens with one attached hydrogen (secondary N) is 1. The van der Waals surface area contributed by atoms with E-state index >= 15 is 0 Å². The Morgan fingerprint density at radius 3 is 2.62 bits per heavy atom. The van der Waals surface area contributed by atoms with Crippen LogP contribution in [0.5, 0.6) is 5.75 Å². The van der Waals surface area contributed by atoms with Crippen LogP contribution in [0.1, 0.15) is 5.56 Å². The van der Waals surface area contributed by atoms with Gasteiger partial charge in [-0.1, -0.05) is 22.0 Å². The van der Waals surface area contributed by atoms with Crippen molar-refractivity contribution in [3.05, 3.63) is 46.4 Å². The highest BCUT2D eigenvalue weighted by molar-refractivity contribution is 9.10. The zero-order chi connectivity index (χ0) is 15.6. The van der Waals surface area contributed by atoms with Gasteiger partial charge in [0.1, 0.15) is 5.75 Å². The molecule has 0 saturated heterocycles. The van der Waals surface area contributed by atoms with Crippen molar-refractivity contribution < 1.29 is 13.2 Å². The van der Waals surface area contributed by atoms with E-state index in [4.69, 9.17) is 10.5 Å². The van der Waals surface area contributed by atoms with E-state index < -0.39 is 10.0 Å². The molecule has 7 heteroatoms. The molecule has 5 nitrogen and oxygen atoms in total. The summed E-state index contributed by atoms with van der Waals surface area (Å²) in [7, 11) is -2.27. The fourth-order valence-corrected chi connectivity index (χ4v) is 3.58. The van der Waals surface area contributed by atoms with Crippen molar-refractivity contribution in [2.75, 3.05) is 17.6 Å². The highest BCUT2D eigenvalue weighted by atomic mass is 79.9. The van der Waals surface area contributed by atoms with Gasteiger partial charge in [-0.05, 0) is 42.8 Å². The quantitative estimate of drug-likeness (QED) is 0.809. The van der Waals surface area contributed by atoms with Gasteiger partial charge in [0.15, 0.2) is 0 Å². The van der Waals surface area contributed by atoms with E-state index in [9.17, 15) is 8.42 Å². The Bertz CT molecular complexity index is 776. The first-order valence-corrected chi connectivity index (χ1v) is 8.34. The summed E-state index contributed by atoms with van der Waals surface area (Å²) in [6, 6.07) is 9.86. The highest BCUT2D eigenvalue weighted by Crippen LogP contribution is 2.31. The van der Waals surface area contributed by atoms with Crippen LogP contribution < -0.4 is 15.2 Å². The van der Waals surface area contributed by atoms with Crippen LogP contribution in [-0.4, -0.2) is 15.5 Å². The second kappa shape index (κ2) is 5.95. The molecule has 0 heterocycles. The largest absolute Gasteiger partial charge is 0.495 e. The molecule has 0 spiro atoms. The number of nitrogen functional groups attached to an aromatic ring is 1. The summed E-state index contributed by atoms with van der Waals surface area (Å²) in [6.45, 7) is 1.67. The SMILES string of the molecule is COc1ccc(Br)cc1NS(=O)(=O)c1cccc(N)c1C. The topological polar surface area (TPSA) is 81.4 Å². The van der Waals surface area contributed by atoms with Gasteiger partial charge in [0, 0.05) is 10.2 Å². The predicted octanol–water partition coefficient (Wildman–Crippen LogP) is 3.15. The van der Waals surface area contributed by atoms with E-state index in [2.05, 4.69) is 20.7 Å². The Morgan fingerprint density at radius 2 is 1.95 bits per heavy atom. The molecule has 0 atom stereocenters. The van der Waals surface area contributed by atoms with E-state index in [1.54, 1.807) is 37.3 Å². The average Bonchev–Trinajstić information content (AvgIpc) is 2.41. The zero-order valence-corrected chi connectivity index (χ0v) is 14.0. The van der Waals surface area contributed by atoms with Crippen molar-refractivity contribution in [3.8, 4) is 5.75 Å². The van der Waals surface area contributed by atoms with Crippen LogP contribution in [0.25, 0.3) is 0 Å². The molecule has 3 N–H and O–H groups in total. The summed E-state index contributed by atoms with van der Waals surface area (Å²) >= 11 is 3.30. The average molecular weight is 371 g/mol. The Morgan fingerprint density at radius 1 is 1.24 bits per heavy atom. The standard InChI is InChI=1S/C14H15BrN2O3S/c1-9-11(16)4-3-5-14(9)21(18,19)17-12-8-10(15)6-7-13(12)20-2/h3-8,17H,16H2,1-2H3. The summed E-state index contributed by atoms with van der Waals surface area (Å²) in [5.74, 6) is 0.434. The van der Waals surface area contributed by atoms with Crippen LogP contribution in [0, 0.1) is 6.92 Å². The molecule has 2 rings (SSSR count). The third kappa shape index (κ3) is 3.30. The number of methoxy groups -OCH3 is 1. The van der Waals surface area contributed by atoms with E-state index in [1.807, 2.05) is 0 Å². The van der Waals surface area contributed by atoms with Gasteiger partial charge in [-0.15, -0.1) is 0 Å². The van der Waals surface area contributed by atoms with Crippen molar-refractivity contribution in [3.63, 3.8) is 0 Å². The maximum Gasteiger partial charge on any atom is 0.262 e. The third-order valence-corrected chi connectivity index (χ3v) is 5.02. The number of hydrogen-bond acceptors (Lipinski definition) is 4. The fraction of sp³-hybridized carbons (Fsp3) is 0.143. The number of anilines is 2. The van der Waals surface area contributed by atoms with E-state index in [0.29, 0.717) is 22.7 Å². The number of hydrogen-bond donors (Lipinski definition) is 2. The molecule has 0 saturated carbocycles. The molecule has 21 heavy (non-hydrogen) atoms. The molecule has 0 fully saturated rings. The number of halogens is 1. The van der Waals surface area contributed by atoms with Crippen molar-refractivity contribution in [2.45, 2.75) is 11.8 Å². The van der Waals surface area contributed by atoms with Gasteiger partial charge in [0.25, 0.3) is 10.0 Å². The first-order valence-electron chi connectivity index (χ1n) is 6.06. The minimum atomic E-state index is -3.75. The minimum Gasteiger partial charge on any atom is -0.495 e. The van der Waals surface area contributed by atoms with E-state index in [0.717, 1.165) is 4.47 Å². The van der Waals surface area contributed by atoms with Gasteiger partial charge in [0.05, 0.1) is 17.7 Å². The first kappa shape index (κ1) is 15.7. The Balaban J connectivity index is 2.47. The van der Waals surface area contributed by atoms with Gasteiger partial charge in [-0.25, -0.2) is 8.42 Å². The maximum absolute atomic E-state index is 12.5. The van der Waals surface area contributed by atoms with Gasteiger partial charge < -0.3 is 10.5 Å². The van der Waals surface area contributed by atoms with Crippen molar-refractivity contribution in [1.82, 2.24) is 0 Å². The molecule has 0 unspecified atom stereocenters. The van der Waals surface area contributed by atoms with Crippen LogP contribution in [-0.2, 0) is 10.0 Å². The van der Waals surface area contributed by atoms with Crippen LogP contribution in [0.2, 0.25) is 0 Å². The summed E-state index contributed by atoms with van der Waals surface area (Å²) in [4.78, 5) is 0.143. The molecule has 112 valence electrons. The molecule has 0 aliphatic heterocycles. The number of sulfonamides is 1. The molecule has 0 radical (unpaired) electrons. The third-order valence-electron chi connectivity index (χ3n) is 3.02. The fourth-order valence-electron chi connectivity index (χ4n) is 1.88. The second-order valence-corrected chi connectivity index (χ2v) is 6.99.